The van der Waals surface area contributed by atoms with Crippen molar-refractivity contribution in [1.29, 1.82) is 0 Å². The lowest BCUT2D eigenvalue weighted by molar-refractivity contribution is -0.391. The number of rotatable bonds is 2. The van der Waals surface area contributed by atoms with Gasteiger partial charge in [0.15, 0.2) is 0 Å². The van der Waals surface area contributed by atoms with Crippen LogP contribution >= 0.6 is 0 Å². The molecule has 0 radical (unpaired) electrons. The molecule has 0 aliphatic rings. The Morgan fingerprint density at radius 1 is 1.60 bits per heavy atom. The summed E-state index contributed by atoms with van der Waals surface area (Å²) in [6.45, 7) is 3.67. The molecule has 0 saturated heterocycles. The average Bonchev–Trinajstić information content (AvgIpc) is 2.55. The van der Waals surface area contributed by atoms with Gasteiger partial charge in [-0.1, -0.05) is 6.92 Å². The Morgan fingerprint density at radius 2 is 2.33 bits per heavy atom. The number of hydrogen-bond acceptors (Lipinski definition) is 4. The molecule has 0 amide bonds. The summed E-state index contributed by atoms with van der Waals surface area (Å²) < 4.78 is 1.42. The van der Waals surface area contributed by atoms with Crippen molar-refractivity contribution in [2.24, 2.45) is 0 Å². The Kier molecular flexibility index (Phi) is 2.11. The van der Waals surface area contributed by atoms with E-state index in [1.807, 2.05) is 13.8 Å². The van der Waals surface area contributed by atoms with Gasteiger partial charge in [0.1, 0.15) is 11.9 Å². The molecule has 2 rings (SSSR count). The first-order valence-electron chi connectivity index (χ1n) is 4.61. The standard InChI is InChI=1S/C9H10N4O2/c1-3-7-8(13(14)15)12-5-6(2)4-10-9(12)11-7/h4-5H,3H2,1-2H3. The Balaban J connectivity index is 2.82. The van der Waals surface area contributed by atoms with Gasteiger partial charge in [0.25, 0.3) is 0 Å². The molecular formula is C9H10N4O2. The molecule has 0 spiro atoms. The third-order valence-corrected chi connectivity index (χ3v) is 2.16. The molecule has 0 aliphatic carbocycles. The maximum absolute atomic E-state index is 10.9. The summed E-state index contributed by atoms with van der Waals surface area (Å²) in [6, 6.07) is 0. The number of nitrogens with zero attached hydrogens (tertiary/aromatic N) is 4. The molecule has 2 heterocycles. The van der Waals surface area contributed by atoms with Gasteiger partial charge in [-0.05, 0) is 18.3 Å². The van der Waals surface area contributed by atoms with E-state index >= 15 is 0 Å². The lowest BCUT2D eigenvalue weighted by atomic mass is 10.3. The zero-order valence-electron chi connectivity index (χ0n) is 8.47. The number of aromatic nitrogens is 3. The molecule has 15 heavy (non-hydrogen) atoms. The first kappa shape index (κ1) is 9.57. The topological polar surface area (TPSA) is 73.3 Å². The van der Waals surface area contributed by atoms with Gasteiger partial charge in [0, 0.05) is 11.8 Å². The van der Waals surface area contributed by atoms with E-state index in [9.17, 15) is 10.1 Å². The van der Waals surface area contributed by atoms with E-state index in [4.69, 9.17) is 0 Å². The van der Waals surface area contributed by atoms with Crippen LogP contribution < -0.4 is 0 Å². The van der Waals surface area contributed by atoms with Crippen molar-refractivity contribution in [3.05, 3.63) is 33.8 Å². The molecule has 6 nitrogen and oxygen atoms in total. The third kappa shape index (κ3) is 1.43. The molecule has 0 atom stereocenters. The molecule has 0 saturated carbocycles. The smallest absolute Gasteiger partial charge is 0.352 e. The van der Waals surface area contributed by atoms with Crippen molar-refractivity contribution in [2.45, 2.75) is 20.3 Å². The number of fused-ring (bicyclic) bond motifs is 1. The number of imidazole rings is 1. The molecule has 0 bridgehead atoms. The Bertz CT molecular complexity index is 532. The summed E-state index contributed by atoms with van der Waals surface area (Å²) in [5, 5.41) is 10.9. The molecule has 0 aromatic carbocycles. The van der Waals surface area contributed by atoms with Crippen LogP contribution in [0.2, 0.25) is 0 Å². The van der Waals surface area contributed by atoms with E-state index in [0.717, 1.165) is 5.56 Å². The maximum Gasteiger partial charge on any atom is 0.352 e. The van der Waals surface area contributed by atoms with Gasteiger partial charge in [-0.25, -0.2) is 0 Å². The second-order valence-corrected chi connectivity index (χ2v) is 3.29. The molecule has 0 fully saturated rings. The van der Waals surface area contributed by atoms with Crippen molar-refractivity contribution >= 4 is 11.6 Å². The van der Waals surface area contributed by atoms with Crippen LogP contribution in [0.25, 0.3) is 5.78 Å². The van der Waals surface area contributed by atoms with Crippen LogP contribution in [-0.4, -0.2) is 19.3 Å². The lowest BCUT2D eigenvalue weighted by Gasteiger charge is -1.95. The quantitative estimate of drug-likeness (QED) is 0.551. The van der Waals surface area contributed by atoms with Gasteiger partial charge in [-0.2, -0.15) is 14.4 Å². The largest absolute Gasteiger partial charge is 0.358 e. The van der Waals surface area contributed by atoms with Crippen molar-refractivity contribution in [3.8, 4) is 0 Å². The van der Waals surface area contributed by atoms with Crippen LogP contribution in [0.4, 0.5) is 5.82 Å². The third-order valence-electron chi connectivity index (χ3n) is 2.16. The molecule has 0 N–H and O–H groups in total. The highest BCUT2D eigenvalue weighted by atomic mass is 16.6. The molecule has 2 aromatic rings. The van der Waals surface area contributed by atoms with Gasteiger partial charge in [-0.3, -0.25) is 0 Å². The predicted molar refractivity (Wildman–Crippen MR) is 53.8 cm³/mol. The van der Waals surface area contributed by atoms with Crippen LogP contribution in [0, 0.1) is 17.0 Å². The Hall–Kier alpha value is -1.98. The van der Waals surface area contributed by atoms with Crippen molar-refractivity contribution < 1.29 is 4.92 Å². The zero-order chi connectivity index (χ0) is 11.0. The highest BCUT2D eigenvalue weighted by molar-refractivity contribution is 5.44. The van der Waals surface area contributed by atoms with E-state index in [0.29, 0.717) is 17.9 Å². The molecule has 2 aromatic heterocycles. The van der Waals surface area contributed by atoms with E-state index in [2.05, 4.69) is 9.97 Å². The van der Waals surface area contributed by atoms with Gasteiger partial charge < -0.3 is 10.1 Å². The van der Waals surface area contributed by atoms with Crippen LogP contribution in [0.3, 0.4) is 0 Å². The van der Waals surface area contributed by atoms with Crippen LogP contribution in [-0.2, 0) is 6.42 Å². The molecule has 78 valence electrons. The van der Waals surface area contributed by atoms with Crippen molar-refractivity contribution in [3.63, 3.8) is 0 Å². The zero-order valence-corrected chi connectivity index (χ0v) is 8.47. The van der Waals surface area contributed by atoms with Gasteiger partial charge in [0.05, 0.1) is 0 Å². The second-order valence-electron chi connectivity index (χ2n) is 3.29. The number of aryl methyl sites for hydroxylation is 2. The molecular weight excluding hydrogens is 196 g/mol. The van der Waals surface area contributed by atoms with Crippen LogP contribution in [0.1, 0.15) is 18.2 Å². The van der Waals surface area contributed by atoms with E-state index in [1.54, 1.807) is 12.4 Å². The van der Waals surface area contributed by atoms with Gasteiger partial charge in [0.2, 0.25) is 0 Å². The summed E-state index contributed by atoms with van der Waals surface area (Å²) in [5.74, 6) is 0.396. The van der Waals surface area contributed by atoms with Gasteiger partial charge >= 0.3 is 11.6 Å². The number of hydrogen-bond donors (Lipinski definition) is 0. The summed E-state index contributed by atoms with van der Waals surface area (Å²) in [6.07, 6.45) is 3.84. The normalized spacial score (nSPS) is 10.8. The second kappa shape index (κ2) is 3.30. The van der Waals surface area contributed by atoms with Gasteiger partial charge in [-0.15, -0.1) is 0 Å². The average molecular weight is 206 g/mol. The highest BCUT2D eigenvalue weighted by Crippen LogP contribution is 2.20. The summed E-state index contributed by atoms with van der Waals surface area (Å²) >= 11 is 0. The fraction of sp³-hybridized carbons (Fsp3) is 0.333. The predicted octanol–water partition coefficient (Wildman–Crippen LogP) is 1.51. The van der Waals surface area contributed by atoms with Crippen LogP contribution in [0.15, 0.2) is 12.4 Å². The van der Waals surface area contributed by atoms with E-state index in [-0.39, 0.29) is 5.82 Å². The maximum atomic E-state index is 10.9. The van der Waals surface area contributed by atoms with Crippen molar-refractivity contribution in [2.75, 3.05) is 0 Å². The monoisotopic (exact) mass is 206 g/mol. The first-order chi connectivity index (χ1) is 7.13. The first-order valence-corrected chi connectivity index (χ1v) is 4.61. The van der Waals surface area contributed by atoms with Crippen molar-refractivity contribution in [1.82, 2.24) is 14.4 Å². The van der Waals surface area contributed by atoms with E-state index < -0.39 is 4.92 Å². The lowest BCUT2D eigenvalue weighted by Crippen LogP contribution is -1.98. The van der Waals surface area contributed by atoms with Crippen LogP contribution in [0.5, 0.6) is 0 Å². The molecule has 0 aliphatic heterocycles. The number of nitro groups is 1. The summed E-state index contributed by atoms with van der Waals surface area (Å²) in [4.78, 5) is 18.6. The Labute approximate surface area is 85.7 Å². The van der Waals surface area contributed by atoms with E-state index in [1.165, 1.54) is 4.40 Å². The minimum atomic E-state index is -0.417. The minimum absolute atomic E-state index is 0.0173. The summed E-state index contributed by atoms with van der Waals surface area (Å²) in [5.41, 5.74) is 1.34. The molecule has 0 unspecified atom stereocenters. The molecule has 6 heteroatoms. The fourth-order valence-corrected chi connectivity index (χ4v) is 1.50. The Morgan fingerprint density at radius 3 is 2.93 bits per heavy atom. The minimum Gasteiger partial charge on any atom is -0.358 e. The SMILES string of the molecule is CCc1nc2ncc(C)cn2c1[N+](=O)[O-]. The fourth-order valence-electron chi connectivity index (χ4n) is 1.50. The highest BCUT2D eigenvalue weighted by Gasteiger charge is 2.21. The summed E-state index contributed by atoms with van der Waals surface area (Å²) in [7, 11) is 0.